The van der Waals surface area contributed by atoms with E-state index >= 15 is 0 Å². The van der Waals surface area contributed by atoms with Gasteiger partial charge in [0.25, 0.3) is 0 Å². The van der Waals surface area contributed by atoms with E-state index in [1.165, 1.54) is 0 Å². The van der Waals surface area contributed by atoms with Crippen LogP contribution in [0.5, 0.6) is 0 Å². The Labute approximate surface area is 88.3 Å². The molecule has 1 amide bonds. The number of amides is 1. The summed E-state index contributed by atoms with van der Waals surface area (Å²) in [5, 5.41) is 5.98. The fourth-order valence-electron chi connectivity index (χ4n) is 1.60. The van der Waals surface area contributed by atoms with Gasteiger partial charge in [0.05, 0.1) is 12.6 Å². The molecule has 0 aliphatic carbocycles. The Balaban J connectivity index is 1.85. The van der Waals surface area contributed by atoms with Crippen LogP contribution in [0, 0.1) is 0 Å². The van der Waals surface area contributed by atoms with Crippen molar-refractivity contribution in [3.05, 3.63) is 24.3 Å². The molecule has 1 unspecified atom stereocenters. The number of nitrogens with one attached hydrogen (secondary N) is 2. The van der Waals surface area contributed by atoms with Gasteiger partial charge in [-0.05, 0) is 18.9 Å². The number of carbonyl (C=O) groups is 1. The minimum Gasteiger partial charge on any atom is -0.355 e. The van der Waals surface area contributed by atoms with Crippen LogP contribution >= 0.6 is 0 Å². The normalized spacial score (nSPS) is 21.1. The highest BCUT2D eigenvalue weighted by molar-refractivity contribution is 5.82. The summed E-state index contributed by atoms with van der Waals surface area (Å²) in [6.07, 6.45) is 5.31. The van der Waals surface area contributed by atoms with E-state index in [2.05, 4.69) is 20.6 Å². The third-order valence-corrected chi connectivity index (χ3v) is 2.41. The Morgan fingerprint density at radius 3 is 3.00 bits per heavy atom. The smallest absolute Gasteiger partial charge is 0.237 e. The largest absolute Gasteiger partial charge is 0.355 e. The number of hydrogen-bond donors (Lipinski definition) is 2. The summed E-state index contributed by atoms with van der Waals surface area (Å²) in [5.41, 5.74) is 0. The van der Waals surface area contributed by atoms with E-state index in [9.17, 15) is 4.79 Å². The predicted molar refractivity (Wildman–Crippen MR) is 54.9 cm³/mol. The molecule has 5 nitrogen and oxygen atoms in total. The van der Waals surface area contributed by atoms with Gasteiger partial charge in [-0.25, -0.2) is 9.97 Å². The topological polar surface area (TPSA) is 66.9 Å². The molecular weight excluding hydrogens is 192 g/mol. The van der Waals surface area contributed by atoms with Crippen molar-refractivity contribution in [1.82, 2.24) is 20.6 Å². The molecule has 80 valence electrons. The molecule has 0 bridgehead atoms. The van der Waals surface area contributed by atoms with Crippen LogP contribution in [0.1, 0.15) is 18.7 Å². The van der Waals surface area contributed by atoms with E-state index in [0.717, 1.165) is 25.2 Å². The van der Waals surface area contributed by atoms with E-state index in [0.29, 0.717) is 6.54 Å². The second-order valence-electron chi connectivity index (χ2n) is 3.53. The van der Waals surface area contributed by atoms with Crippen LogP contribution in [0.2, 0.25) is 0 Å². The number of piperidine rings is 1. The van der Waals surface area contributed by atoms with Gasteiger partial charge in [-0.3, -0.25) is 10.1 Å². The van der Waals surface area contributed by atoms with E-state index in [1.807, 2.05) is 0 Å². The van der Waals surface area contributed by atoms with Crippen molar-refractivity contribution < 1.29 is 4.79 Å². The molecule has 5 heteroatoms. The van der Waals surface area contributed by atoms with Crippen LogP contribution in [0.15, 0.2) is 18.5 Å². The zero-order chi connectivity index (χ0) is 10.5. The van der Waals surface area contributed by atoms with Crippen molar-refractivity contribution in [3.63, 3.8) is 0 Å². The molecule has 0 aromatic carbocycles. The van der Waals surface area contributed by atoms with Crippen LogP contribution in [0.3, 0.4) is 0 Å². The Hall–Kier alpha value is -1.49. The van der Waals surface area contributed by atoms with Crippen LogP contribution < -0.4 is 10.6 Å². The third kappa shape index (κ3) is 2.73. The lowest BCUT2D eigenvalue weighted by Gasteiger charge is -2.22. The van der Waals surface area contributed by atoms with Crippen molar-refractivity contribution in [2.45, 2.75) is 25.4 Å². The molecule has 2 heterocycles. The van der Waals surface area contributed by atoms with Gasteiger partial charge >= 0.3 is 0 Å². The number of nitrogens with zero attached hydrogens (tertiary/aromatic N) is 2. The summed E-state index contributed by atoms with van der Waals surface area (Å²) >= 11 is 0. The minimum absolute atomic E-state index is 0.0807. The third-order valence-electron chi connectivity index (χ3n) is 2.41. The highest BCUT2D eigenvalue weighted by Gasteiger charge is 2.20. The van der Waals surface area contributed by atoms with E-state index < -0.39 is 0 Å². The molecule has 1 saturated heterocycles. The molecule has 1 aromatic rings. The quantitative estimate of drug-likeness (QED) is 0.721. The Morgan fingerprint density at radius 2 is 2.27 bits per heavy atom. The molecule has 1 aliphatic heterocycles. The first kappa shape index (κ1) is 10.0. The molecular formula is C10H14N4O. The molecule has 0 spiro atoms. The number of carbonyl (C=O) groups excluding carboxylic acids is 1. The van der Waals surface area contributed by atoms with Gasteiger partial charge in [-0.1, -0.05) is 0 Å². The zero-order valence-corrected chi connectivity index (χ0v) is 8.44. The van der Waals surface area contributed by atoms with Gasteiger partial charge in [-0.15, -0.1) is 0 Å². The average Bonchev–Trinajstić information content (AvgIpc) is 2.29. The summed E-state index contributed by atoms with van der Waals surface area (Å²) in [5.74, 6) is 0.799. The Bertz CT molecular complexity index is 327. The fourth-order valence-corrected chi connectivity index (χ4v) is 1.60. The molecule has 15 heavy (non-hydrogen) atoms. The van der Waals surface area contributed by atoms with Crippen molar-refractivity contribution in [2.75, 3.05) is 6.54 Å². The van der Waals surface area contributed by atoms with E-state index in [1.54, 1.807) is 18.5 Å². The SMILES string of the molecule is O=C1NCCCC1NCc1ncccn1. The van der Waals surface area contributed by atoms with Gasteiger partial charge < -0.3 is 5.32 Å². The maximum atomic E-state index is 11.4. The molecule has 0 radical (unpaired) electrons. The monoisotopic (exact) mass is 206 g/mol. The Kier molecular flexibility index (Phi) is 3.24. The lowest BCUT2D eigenvalue weighted by Crippen LogP contribution is -2.48. The standard InChI is InChI=1S/C10H14N4O/c15-10-8(3-1-4-13-10)14-7-9-11-5-2-6-12-9/h2,5-6,8,14H,1,3-4,7H2,(H,13,15). The van der Waals surface area contributed by atoms with Crippen LogP contribution in [0.25, 0.3) is 0 Å². The summed E-state index contributed by atoms with van der Waals surface area (Å²) in [4.78, 5) is 19.6. The lowest BCUT2D eigenvalue weighted by molar-refractivity contribution is -0.124. The first-order valence-electron chi connectivity index (χ1n) is 5.13. The molecule has 1 fully saturated rings. The fraction of sp³-hybridized carbons (Fsp3) is 0.500. The highest BCUT2D eigenvalue weighted by atomic mass is 16.2. The molecule has 2 rings (SSSR count). The number of rotatable bonds is 3. The number of hydrogen-bond acceptors (Lipinski definition) is 4. The van der Waals surface area contributed by atoms with Crippen molar-refractivity contribution in [1.29, 1.82) is 0 Å². The minimum atomic E-state index is -0.0949. The Morgan fingerprint density at radius 1 is 1.47 bits per heavy atom. The maximum absolute atomic E-state index is 11.4. The zero-order valence-electron chi connectivity index (χ0n) is 8.44. The van der Waals surface area contributed by atoms with Gasteiger partial charge in [0.2, 0.25) is 5.91 Å². The van der Waals surface area contributed by atoms with Gasteiger partial charge in [0, 0.05) is 18.9 Å². The summed E-state index contributed by atoms with van der Waals surface area (Å²) < 4.78 is 0. The summed E-state index contributed by atoms with van der Waals surface area (Å²) in [6.45, 7) is 1.33. The molecule has 1 atom stereocenters. The van der Waals surface area contributed by atoms with Crippen molar-refractivity contribution in [2.24, 2.45) is 0 Å². The van der Waals surface area contributed by atoms with Crippen LogP contribution in [-0.2, 0) is 11.3 Å². The van der Waals surface area contributed by atoms with E-state index in [4.69, 9.17) is 0 Å². The van der Waals surface area contributed by atoms with Gasteiger partial charge in [-0.2, -0.15) is 0 Å². The summed E-state index contributed by atoms with van der Waals surface area (Å²) in [7, 11) is 0. The van der Waals surface area contributed by atoms with Gasteiger partial charge in [0.15, 0.2) is 0 Å². The lowest BCUT2D eigenvalue weighted by atomic mass is 10.1. The first-order chi connectivity index (χ1) is 7.36. The predicted octanol–water partition coefficient (Wildman–Crippen LogP) is -0.155. The first-order valence-corrected chi connectivity index (χ1v) is 5.13. The highest BCUT2D eigenvalue weighted by Crippen LogP contribution is 2.03. The van der Waals surface area contributed by atoms with Crippen molar-refractivity contribution >= 4 is 5.91 Å². The van der Waals surface area contributed by atoms with Crippen LogP contribution in [-0.4, -0.2) is 28.5 Å². The molecule has 0 saturated carbocycles. The van der Waals surface area contributed by atoms with Crippen LogP contribution in [0.4, 0.5) is 0 Å². The molecule has 2 N–H and O–H groups in total. The molecule has 1 aliphatic rings. The maximum Gasteiger partial charge on any atom is 0.237 e. The van der Waals surface area contributed by atoms with Crippen molar-refractivity contribution in [3.8, 4) is 0 Å². The van der Waals surface area contributed by atoms with E-state index in [-0.39, 0.29) is 11.9 Å². The second-order valence-corrected chi connectivity index (χ2v) is 3.53. The second kappa shape index (κ2) is 4.84. The molecule has 1 aromatic heterocycles. The summed E-state index contributed by atoms with van der Waals surface area (Å²) in [6, 6.07) is 1.68. The average molecular weight is 206 g/mol. The number of aromatic nitrogens is 2. The van der Waals surface area contributed by atoms with Gasteiger partial charge in [0.1, 0.15) is 5.82 Å².